The Bertz CT molecular complexity index is 1620. The van der Waals surface area contributed by atoms with E-state index in [9.17, 15) is 39.0 Å². The summed E-state index contributed by atoms with van der Waals surface area (Å²) in [6.07, 6.45) is -0.924. The highest BCUT2D eigenvalue weighted by molar-refractivity contribution is 6.32. The molecule has 3 aliphatic carbocycles. The maximum absolute atomic E-state index is 14.1. The second-order valence-electron chi connectivity index (χ2n) is 12.2. The smallest absolute Gasteiger partial charge is 0.417 e. The van der Waals surface area contributed by atoms with Gasteiger partial charge in [0.05, 0.1) is 23.2 Å². The van der Waals surface area contributed by atoms with Crippen molar-refractivity contribution in [2.24, 2.45) is 29.4 Å². The van der Waals surface area contributed by atoms with Crippen LogP contribution < -0.4 is 20.7 Å². The molecule has 2 amide bonds. The van der Waals surface area contributed by atoms with Crippen LogP contribution in [0.4, 0.5) is 16.2 Å². The number of anilines is 2. The molecular formula is C31H34N4O9. The third kappa shape index (κ3) is 4.63. The van der Waals surface area contributed by atoms with E-state index in [4.69, 9.17) is 10.5 Å². The first-order valence-corrected chi connectivity index (χ1v) is 14.1. The molecule has 2 aromatic carbocycles. The molecule has 0 spiro atoms. The lowest BCUT2D eigenvalue weighted by atomic mass is 9.52. The highest BCUT2D eigenvalue weighted by Crippen LogP contribution is 2.52. The standard InChI is InChI=1S/C31H34N4O9/c1-13-6-8-15(9-7-13)44-30(42)33-18-12-19(34(2)3)16-10-14-11-17-23(35(4)5)26(38)22(29(32)41)28(40)31(17,43)27(39)20(14)25(37)21(16)24(18)36/h6-9,12,14,17,20,22-23,36,43H,10-11H2,1-5H3,(H2,32,41)(H,33,42)/t14-,17-,20?,22?,23-,31-/m1/s1. The highest BCUT2D eigenvalue weighted by Gasteiger charge is 2.69. The Labute approximate surface area is 252 Å². The number of Topliss-reactive ketones (excluding diaryl/α,β-unsaturated/α-hetero) is 4. The fraction of sp³-hybridized carbons (Fsp3) is 0.419. The Hall–Kier alpha value is -4.62. The molecule has 5 rings (SSSR count). The molecular weight excluding hydrogens is 572 g/mol. The number of carbonyl (C=O) groups excluding carboxylic acids is 6. The third-order valence-corrected chi connectivity index (χ3v) is 8.99. The van der Waals surface area contributed by atoms with Crippen LogP contribution in [0.5, 0.6) is 11.5 Å². The highest BCUT2D eigenvalue weighted by atomic mass is 16.6. The van der Waals surface area contributed by atoms with Gasteiger partial charge in [0.25, 0.3) is 0 Å². The van der Waals surface area contributed by atoms with Gasteiger partial charge in [-0.05, 0) is 63.5 Å². The number of rotatable bonds is 5. The van der Waals surface area contributed by atoms with Crippen LogP contribution in [0.1, 0.15) is 27.9 Å². The van der Waals surface area contributed by atoms with E-state index in [2.05, 4.69) is 5.32 Å². The number of phenolic OH excluding ortho intramolecular Hbond substituents is 1. The zero-order valence-electron chi connectivity index (χ0n) is 24.9. The molecule has 2 unspecified atom stereocenters. The molecule has 13 nitrogen and oxygen atoms in total. The lowest BCUT2D eigenvalue weighted by molar-refractivity contribution is -0.181. The van der Waals surface area contributed by atoms with E-state index in [1.807, 2.05) is 6.92 Å². The number of ether oxygens (including phenoxy) is 1. The number of nitrogens with zero attached hydrogens (tertiary/aromatic N) is 2. The second-order valence-corrected chi connectivity index (χ2v) is 12.2. The predicted molar refractivity (Wildman–Crippen MR) is 157 cm³/mol. The number of aryl methyl sites for hydroxylation is 1. The minimum absolute atomic E-state index is 0.0690. The average Bonchev–Trinajstić information content (AvgIpc) is 2.93. The number of primary amides is 1. The van der Waals surface area contributed by atoms with Crippen molar-refractivity contribution in [3.05, 3.63) is 47.0 Å². The van der Waals surface area contributed by atoms with Crippen LogP contribution in [0.3, 0.4) is 0 Å². The van der Waals surface area contributed by atoms with Gasteiger partial charge in [-0.15, -0.1) is 0 Å². The Balaban J connectivity index is 1.57. The van der Waals surface area contributed by atoms with E-state index in [1.54, 1.807) is 43.3 Å². The molecule has 2 saturated carbocycles. The molecule has 0 radical (unpaired) electrons. The molecule has 6 atom stereocenters. The van der Waals surface area contributed by atoms with Crippen LogP contribution >= 0.6 is 0 Å². The van der Waals surface area contributed by atoms with E-state index >= 15 is 0 Å². The first-order valence-electron chi connectivity index (χ1n) is 14.1. The molecule has 232 valence electrons. The van der Waals surface area contributed by atoms with Gasteiger partial charge in [-0.3, -0.25) is 34.2 Å². The van der Waals surface area contributed by atoms with Gasteiger partial charge in [-0.2, -0.15) is 0 Å². The quantitative estimate of drug-likeness (QED) is 0.278. The summed E-state index contributed by atoms with van der Waals surface area (Å²) >= 11 is 0. The molecule has 3 aliphatic rings. The minimum Gasteiger partial charge on any atom is -0.505 e. The zero-order valence-corrected chi connectivity index (χ0v) is 24.9. The molecule has 0 aromatic heterocycles. The minimum atomic E-state index is -2.83. The van der Waals surface area contributed by atoms with Crippen molar-refractivity contribution in [3.8, 4) is 11.5 Å². The normalized spacial score (nSPS) is 27.8. The lowest BCUT2D eigenvalue weighted by Gasteiger charge is -2.52. The van der Waals surface area contributed by atoms with E-state index in [0.29, 0.717) is 11.3 Å². The number of aliphatic hydroxyl groups is 1. The van der Waals surface area contributed by atoms with Gasteiger partial charge in [0, 0.05) is 25.7 Å². The number of carbonyl (C=O) groups is 6. The Morgan fingerprint density at radius 3 is 2.25 bits per heavy atom. The lowest BCUT2D eigenvalue weighted by Crippen LogP contribution is -2.74. The molecule has 2 aromatic rings. The SMILES string of the molecule is Cc1ccc(OC(=O)Nc2cc(N(C)C)c3c(c2O)C(=O)C2C(=O)[C@@]4(O)C(=O)C(C(N)=O)C(=O)[C@H](N(C)C)[C@H]4C[C@H]2C3)cc1. The van der Waals surface area contributed by atoms with E-state index in [1.165, 1.54) is 25.1 Å². The van der Waals surface area contributed by atoms with Crippen LogP contribution in [0, 0.1) is 30.6 Å². The van der Waals surface area contributed by atoms with Gasteiger partial charge >= 0.3 is 6.09 Å². The maximum atomic E-state index is 14.1. The summed E-state index contributed by atoms with van der Waals surface area (Å²) in [5.74, 6) is -11.4. The molecule has 0 aliphatic heterocycles. The molecule has 2 fully saturated rings. The van der Waals surface area contributed by atoms with Crippen molar-refractivity contribution in [2.45, 2.75) is 31.4 Å². The Kier molecular flexibility index (Phi) is 7.58. The number of aromatic hydroxyl groups is 1. The van der Waals surface area contributed by atoms with E-state index < -0.39 is 76.2 Å². The fourth-order valence-electron chi connectivity index (χ4n) is 7.00. The number of benzene rings is 2. The summed E-state index contributed by atoms with van der Waals surface area (Å²) in [6, 6.07) is 6.96. The maximum Gasteiger partial charge on any atom is 0.417 e. The zero-order chi connectivity index (χ0) is 32.4. The average molecular weight is 607 g/mol. The monoisotopic (exact) mass is 606 g/mol. The van der Waals surface area contributed by atoms with Crippen molar-refractivity contribution in [3.63, 3.8) is 0 Å². The number of nitrogens with one attached hydrogen (secondary N) is 1. The van der Waals surface area contributed by atoms with Gasteiger partial charge < -0.3 is 25.6 Å². The number of fused-ring (bicyclic) bond motifs is 3. The van der Waals surface area contributed by atoms with Crippen LogP contribution in [0.25, 0.3) is 0 Å². The largest absolute Gasteiger partial charge is 0.505 e. The second kappa shape index (κ2) is 10.8. The molecule has 0 heterocycles. The molecule has 44 heavy (non-hydrogen) atoms. The summed E-state index contributed by atoms with van der Waals surface area (Å²) in [5, 5.41) is 25.5. The third-order valence-electron chi connectivity index (χ3n) is 8.99. The summed E-state index contributed by atoms with van der Waals surface area (Å²) in [6.45, 7) is 1.87. The van der Waals surface area contributed by atoms with Crippen molar-refractivity contribution >= 4 is 46.5 Å². The fourth-order valence-corrected chi connectivity index (χ4v) is 7.00. The van der Waals surface area contributed by atoms with Gasteiger partial charge in [-0.1, -0.05) is 17.7 Å². The number of phenols is 1. The van der Waals surface area contributed by atoms with Gasteiger partial charge in [0.1, 0.15) is 11.5 Å². The number of nitrogens with two attached hydrogens (primary N) is 1. The first kappa shape index (κ1) is 30.8. The van der Waals surface area contributed by atoms with Crippen LogP contribution in [-0.2, 0) is 25.6 Å². The van der Waals surface area contributed by atoms with Crippen molar-refractivity contribution < 1.29 is 43.7 Å². The summed E-state index contributed by atoms with van der Waals surface area (Å²) in [7, 11) is 6.45. The molecule has 13 heteroatoms. The predicted octanol–water partition coefficient (Wildman–Crippen LogP) is 0.852. The van der Waals surface area contributed by atoms with Crippen LogP contribution in [0.2, 0.25) is 0 Å². The number of hydrogen-bond donors (Lipinski definition) is 4. The number of likely N-dealkylation sites (N-methyl/N-ethyl adjacent to an activating group) is 1. The summed E-state index contributed by atoms with van der Waals surface area (Å²) < 4.78 is 5.30. The summed E-state index contributed by atoms with van der Waals surface area (Å²) in [4.78, 5) is 82.9. The van der Waals surface area contributed by atoms with Crippen LogP contribution in [-0.4, -0.2) is 90.1 Å². The number of ketones is 4. The van der Waals surface area contributed by atoms with Crippen molar-refractivity contribution in [1.29, 1.82) is 0 Å². The molecule has 0 bridgehead atoms. The summed E-state index contributed by atoms with van der Waals surface area (Å²) in [5.41, 5.74) is 3.96. The van der Waals surface area contributed by atoms with E-state index in [0.717, 1.165) is 5.56 Å². The topological polar surface area (TPSA) is 197 Å². The van der Waals surface area contributed by atoms with Crippen molar-refractivity contribution in [2.75, 3.05) is 38.4 Å². The Morgan fingerprint density at radius 1 is 1.05 bits per heavy atom. The van der Waals surface area contributed by atoms with Gasteiger partial charge in [0.15, 0.2) is 34.7 Å². The number of hydrogen-bond acceptors (Lipinski definition) is 11. The van der Waals surface area contributed by atoms with Gasteiger partial charge in [-0.25, -0.2) is 4.79 Å². The molecule has 0 saturated heterocycles. The van der Waals surface area contributed by atoms with Crippen LogP contribution in [0.15, 0.2) is 30.3 Å². The number of amides is 2. The Morgan fingerprint density at radius 2 is 1.68 bits per heavy atom. The van der Waals surface area contributed by atoms with Gasteiger partial charge in [0.2, 0.25) is 5.91 Å². The molecule has 5 N–H and O–H groups in total. The van der Waals surface area contributed by atoms with Crippen molar-refractivity contribution in [1.82, 2.24) is 4.90 Å². The first-order chi connectivity index (χ1) is 20.6. The van der Waals surface area contributed by atoms with E-state index in [-0.39, 0.29) is 29.8 Å².